The summed E-state index contributed by atoms with van der Waals surface area (Å²) in [5.41, 5.74) is 1.84. The fourth-order valence-corrected chi connectivity index (χ4v) is 3.38. The minimum atomic E-state index is -0.432. The number of nitrogens with one attached hydrogen (secondary N) is 3. The van der Waals surface area contributed by atoms with Crippen LogP contribution in [0.1, 0.15) is 20.7 Å². The molecule has 0 aliphatic rings. The van der Waals surface area contributed by atoms with Crippen LogP contribution in [0.25, 0.3) is 10.8 Å². The van der Waals surface area contributed by atoms with Crippen molar-refractivity contribution < 1.29 is 14.4 Å². The molecule has 0 heterocycles. The first-order chi connectivity index (χ1) is 15.6. The molecular weight excluding hydrogens is 402 g/mol. The molecule has 0 spiro atoms. The summed E-state index contributed by atoms with van der Waals surface area (Å²) in [5, 5.41) is 9.92. The van der Waals surface area contributed by atoms with E-state index < -0.39 is 5.91 Å². The highest BCUT2D eigenvalue weighted by Crippen LogP contribution is 2.19. The highest BCUT2D eigenvalue weighted by Gasteiger charge is 2.15. The van der Waals surface area contributed by atoms with Crippen molar-refractivity contribution in [3.8, 4) is 0 Å². The van der Waals surface area contributed by atoms with Crippen LogP contribution in [0, 0.1) is 0 Å². The van der Waals surface area contributed by atoms with Gasteiger partial charge >= 0.3 is 0 Å². The van der Waals surface area contributed by atoms with Gasteiger partial charge in [-0.1, -0.05) is 66.7 Å². The van der Waals surface area contributed by atoms with Crippen LogP contribution in [0.2, 0.25) is 0 Å². The Balaban J connectivity index is 1.41. The van der Waals surface area contributed by atoms with E-state index in [1.54, 1.807) is 48.5 Å². The standard InChI is InChI=1S/C26H21N3O3/c30-24(17-27-25(31)21-15-8-10-18-9-4-5-13-20(18)21)29-23-16-7-6-14-22(23)26(32)28-19-11-2-1-3-12-19/h1-16H,17H2,(H,27,31)(H,28,32)(H,29,30). The number of amides is 3. The van der Waals surface area contributed by atoms with E-state index in [2.05, 4.69) is 16.0 Å². The van der Waals surface area contributed by atoms with Crippen LogP contribution in [0.4, 0.5) is 11.4 Å². The lowest BCUT2D eigenvalue weighted by atomic mass is 10.0. The number of carbonyl (C=O) groups excluding carboxylic acids is 3. The van der Waals surface area contributed by atoms with E-state index in [1.165, 1.54) is 0 Å². The Labute approximate surface area is 185 Å². The van der Waals surface area contributed by atoms with Gasteiger partial charge in [0.25, 0.3) is 11.8 Å². The fourth-order valence-electron chi connectivity index (χ4n) is 3.38. The predicted octanol–water partition coefficient (Wildman–Crippen LogP) is 4.46. The summed E-state index contributed by atoms with van der Waals surface area (Å²) in [6.45, 7) is -0.226. The predicted molar refractivity (Wildman–Crippen MR) is 126 cm³/mol. The molecule has 3 amide bonds. The number of hydrogen-bond acceptors (Lipinski definition) is 3. The Hall–Kier alpha value is -4.45. The van der Waals surface area contributed by atoms with Crippen LogP contribution in [0.15, 0.2) is 97.1 Å². The minimum Gasteiger partial charge on any atom is -0.343 e. The average molecular weight is 423 g/mol. The van der Waals surface area contributed by atoms with Crippen LogP contribution < -0.4 is 16.0 Å². The maximum absolute atomic E-state index is 12.7. The van der Waals surface area contributed by atoms with E-state index in [1.807, 2.05) is 48.5 Å². The molecular formula is C26H21N3O3. The van der Waals surface area contributed by atoms with Crippen molar-refractivity contribution in [2.24, 2.45) is 0 Å². The number of hydrogen-bond donors (Lipinski definition) is 3. The topological polar surface area (TPSA) is 87.3 Å². The van der Waals surface area contributed by atoms with E-state index in [4.69, 9.17) is 0 Å². The molecule has 0 aromatic heterocycles. The maximum Gasteiger partial charge on any atom is 0.257 e. The molecule has 0 aliphatic carbocycles. The van der Waals surface area contributed by atoms with Crippen molar-refractivity contribution in [1.82, 2.24) is 5.32 Å². The highest BCUT2D eigenvalue weighted by molar-refractivity contribution is 6.11. The number of benzene rings is 4. The molecule has 0 fully saturated rings. The Morgan fingerprint density at radius 1 is 0.594 bits per heavy atom. The second kappa shape index (κ2) is 9.57. The molecule has 0 bridgehead atoms. The van der Waals surface area contributed by atoms with Gasteiger partial charge < -0.3 is 16.0 Å². The van der Waals surface area contributed by atoms with Crippen molar-refractivity contribution in [2.45, 2.75) is 0 Å². The third-order valence-electron chi connectivity index (χ3n) is 4.92. The smallest absolute Gasteiger partial charge is 0.257 e. The SMILES string of the molecule is O=C(CNC(=O)c1cccc2ccccc12)Nc1ccccc1C(=O)Nc1ccccc1. The molecule has 6 nitrogen and oxygen atoms in total. The largest absolute Gasteiger partial charge is 0.343 e. The molecule has 0 saturated heterocycles. The first kappa shape index (κ1) is 20.8. The van der Waals surface area contributed by atoms with Gasteiger partial charge in [0.1, 0.15) is 0 Å². The molecule has 32 heavy (non-hydrogen) atoms. The van der Waals surface area contributed by atoms with Crippen molar-refractivity contribution in [3.63, 3.8) is 0 Å². The minimum absolute atomic E-state index is 0.226. The molecule has 3 N–H and O–H groups in total. The second-order valence-electron chi connectivity index (χ2n) is 7.12. The third-order valence-corrected chi connectivity index (χ3v) is 4.92. The Morgan fingerprint density at radius 3 is 2.09 bits per heavy atom. The van der Waals surface area contributed by atoms with Crippen molar-refractivity contribution in [1.29, 1.82) is 0 Å². The lowest BCUT2D eigenvalue weighted by Crippen LogP contribution is -2.33. The van der Waals surface area contributed by atoms with Crippen molar-refractivity contribution in [2.75, 3.05) is 17.2 Å². The molecule has 4 aromatic carbocycles. The van der Waals surface area contributed by atoms with Gasteiger partial charge in [-0.15, -0.1) is 0 Å². The molecule has 158 valence electrons. The lowest BCUT2D eigenvalue weighted by Gasteiger charge is -2.12. The summed E-state index contributed by atoms with van der Waals surface area (Å²) in [4.78, 5) is 37.8. The normalized spacial score (nSPS) is 10.4. The van der Waals surface area contributed by atoms with Crippen LogP contribution in [-0.2, 0) is 4.79 Å². The monoisotopic (exact) mass is 423 g/mol. The Bertz CT molecular complexity index is 1280. The fraction of sp³-hybridized carbons (Fsp3) is 0.0385. The molecule has 0 aliphatic heterocycles. The van der Waals surface area contributed by atoms with Gasteiger partial charge in [0.2, 0.25) is 5.91 Å². The molecule has 0 atom stereocenters. The van der Waals surface area contributed by atoms with Gasteiger partial charge in [-0.05, 0) is 41.1 Å². The number of anilines is 2. The quantitative estimate of drug-likeness (QED) is 0.428. The van der Waals surface area contributed by atoms with Crippen LogP contribution in [0.5, 0.6) is 0 Å². The molecule has 0 radical (unpaired) electrons. The molecule has 4 rings (SSSR count). The molecule has 6 heteroatoms. The zero-order valence-corrected chi connectivity index (χ0v) is 17.2. The first-order valence-corrected chi connectivity index (χ1v) is 10.1. The molecule has 0 saturated carbocycles. The van der Waals surface area contributed by atoms with Crippen LogP contribution in [0.3, 0.4) is 0 Å². The number of rotatable bonds is 6. The van der Waals surface area contributed by atoms with Gasteiger partial charge in [-0.3, -0.25) is 14.4 Å². The van der Waals surface area contributed by atoms with E-state index in [0.717, 1.165) is 10.8 Å². The summed E-state index contributed by atoms with van der Waals surface area (Å²) in [6, 6.07) is 28.8. The number of carbonyl (C=O) groups is 3. The zero-order valence-electron chi connectivity index (χ0n) is 17.2. The van der Waals surface area contributed by atoms with Crippen molar-refractivity contribution >= 4 is 39.9 Å². The molecule has 4 aromatic rings. The first-order valence-electron chi connectivity index (χ1n) is 10.1. The average Bonchev–Trinajstić information content (AvgIpc) is 2.83. The van der Waals surface area contributed by atoms with Gasteiger partial charge in [0, 0.05) is 11.3 Å². The summed E-state index contributed by atoms with van der Waals surface area (Å²) < 4.78 is 0. The van der Waals surface area contributed by atoms with Crippen molar-refractivity contribution in [3.05, 3.63) is 108 Å². The zero-order chi connectivity index (χ0) is 22.3. The summed E-state index contributed by atoms with van der Waals surface area (Å²) in [6.07, 6.45) is 0. The van der Waals surface area contributed by atoms with E-state index >= 15 is 0 Å². The van der Waals surface area contributed by atoms with E-state index in [-0.39, 0.29) is 18.4 Å². The summed E-state index contributed by atoms with van der Waals surface area (Å²) in [5.74, 6) is -1.11. The van der Waals surface area contributed by atoms with E-state index in [0.29, 0.717) is 22.5 Å². The summed E-state index contributed by atoms with van der Waals surface area (Å²) >= 11 is 0. The second-order valence-corrected chi connectivity index (χ2v) is 7.12. The Kier molecular flexibility index (Phi) is 6.22. The Morgan fingerprint density at radius 2 is 1.25 bits per heavy atom. The maximum atomic E-state index is 12.7. The number of fused-ring (bicyclic) bond motifs is 1. The van der Waals surface area contributed by atoms with Gasteiger partial charge in [0.05, 0.1) is 17.8 Å². The van der Waals surface area contributed by atoms with Gasteiger partial charge in [-0.25, -0.2) is 0 Å². The highest BCUT2D eigenvalue weighted by atomic mass is 16.2. The van der Waals surface area contributed by atoms with E-state index in [9.17, 15) is 14.4 Å². The van der Waals surface area contributed by atoms with Crippen LogP contribution >= 0.6 is 0 Å². The van der Waals surface area contributed by atoms with Gasteiger partial charge in [-0.2, -0.15) is 0 Å². The van der Waals surface area contributed by atoms with Crippen LogP contribution in [-0.4, -0.2) is 24.3 Å². The molecule has 0 unspecified atom stereocenters. The lowest BCUT2D eigenvalue weighted by molar-refractivity contribution is -0.115. The third kappa shape index (κ3) is 4.82. The van der Waals surface area contributed by atoms with Gasteiger partial charge in [0.15, 0.2) is 0 Å². The number of para-hydroxylation sites is 2. The summed E-state index contributed by atoms with van der Waals surface area (Å²) in [7, 11) is 0.